The van der Waals surface area contributed by atoms with E-state index in [2.05, 4.69) is 0 Å². The molecule has 0 radical (unpaired) electrons. The number of nitriles is 1. The van der Waals surface area contributed by atoms with Crippen LogP contribution in [0.1, 0.15) is 16.8 Å². The van der Waals surface area contributed by atoms with Crippen LogP contribution in [-0.4, -0.2) is 25.3 Å². The second-order valence-corrected chi connectivity index (χ2v) is 3.58. The number of hydrogen-bond acceptors (Lipinski definition) is 4. The average Bonchev–Trinajstić information content (AvgIpc) is 2.60. The van der Waals surface area contributed by atoms with Crippen molar-refractivity contribution in [3.63, 3.8) is 0 Å². The third-order valence-electron chi connectivity index (χ3n) is 2.63. The summed E-state index contributed by atoms with van der Waals surface area (Å²) in [6.07, 6.45) is 0.199. The Labute approximate surface area is 98.2 Å². The van der Waals surface area contributed by atoms with Crippen molar-refractivity contribution in [2.24, 2.45) is 0 Å². The number of hydrogen-bond donors (Lipinski definition) is 0. The summed E-state index contributed by atoms with van der Waals surface area (Å²) in [5, 5.41) is 8.52. The molecule has 1 aliphatic heterocycles. The van der Waals surface area contributed by atoms with E-state index >= 15 is 0 Å². The topological polar surface area (TPSA) is 70.4 Å². The van der Waals surface area contributed by atoms with Gasteiger partial charge in [-0.3, -0.25) is 9.59 Å². The monoisotopic (exact) mass is 230 g/mol. The highest BCUT2D eigenvalue weighted by Crippen LogP contribution is 2.31. The van der Waals surface area contributed by atoms with Crippen LogP contribution in [-0.2, 0) is 4.79 Å². The minimum Gasteiger partial charge on any atom is -0.497 e. The van der Waals surface area contributed by atoms with Crippen LogP contribution in [0.15, 0.2) is 18.2 Å². The van der Waals surface area contributed by atoms with Crippen LogP contribution in [0.5, 0.6) is 5.75 Å². The van der Waals surface area contributed by atoms with Gasteiger partial charge in [0.15, 0.2) is 0 Å². The van der Waals surface area contributed by atoms with Crippen molar-refractivity contribution >= 4 is 17.4 Å². The summed E-state index contributed by atoms with van der Waals surface area (Å²) < 4.78 is 5.01. The van der Waals surface area contributed by atoms with Crippen LogP contribution in [0.3, 0.4) is 0 Å². The maximum atomic E-state index is 11.7. The second kappa shape index (κ2) is 4.26. The Bertz CT molecular complexity index is 531. The first kappa shape index (κ1) is 11.1. The molecule has 1 aromatic carbocycles. The lowest BCUT2D eigenvalue weighted by Crippen LogP contribution is -2.30. The van der Waals surface area contributed by atoms with Gasteiger partial charge in [-0.15, -0.1) is 0 Å². The van der Waals surface area contributed by atoms with Gasteiger partial charge >= 0.3 is 0 Å². The Kier molecular flexibility index (Phi) is 2.79. The molecule has 17 heavy (non-hydrogen) atoms. The molecule has 1 heterocycles. The Morgan fingerprint density at radius 1 is 1.41 bits per heavy atom. The fourth-order valence-corrected chi connectivity index (χ4v) is 1.79. The molecule has 1 aromatic rings. The normalized spacial score (nSPS) is 13.5. The van der Waals surface area contributed by atoms with E-state index < -0.39 is 11.7 Å². The molecule has 0 saturated carbocycles. The van der Waals surface area contributed by atoms with Crippen LogP contribution in [0.4, 0.5) is 5.69 Å². The number of fused-ring (bicyclic) bond motifs is 1. The number of benzene rings is 1. The highest BCUT2D eigenvalue weighted by Gasteiger charge is 2.35. The molecule has 0 aromatic heterocycles. The van der Waals surface area contributed by atoms with Gasteiger partial charge in [0.2, 0.25) is 0 Å². The summed E-state index contributed by atoms with van der Waals surface area (Å²) in [4.78, 5) is 24.7. The SMILES string of the molecule is COc1ccc2c(c1)C(=O)C(=O)N2CCC#N. The minimum absolute atomic E-state index is 0.199. The highest BCUT2D eigenvalue weighted by atomic mass is 16.5. The number of rotatable bonds is 3. The Morgan fingerprint density at radius 3 is 2.82 bits per heavy atom. The molecule has 2 rings (SSSR count). The van der Waals surface area contributed by atoms with E-state index in [4.69, 9.17) is 10.00 Å². The quantitative estimate of drug-likeness (QED) is 0.730. The minimum atomic E-state index is -0.580. The molecule has 0 N–H and O–H groups in total. The van der Waals surface area contributed by atoms with Crippen LogP contribution in [0.2, 0.25) is 0 Å². The number of carbonyl (C=O) groups excluding carboxylic acids is 2. The molecule has 1 aliphatic rings. The van der Waals surface area contributed by atoms with E-state index in [-0.39, 0.29) is 13.0 Å². The van der Waals surface area contributed by atoms with Crippen LogP contribution in [0.25, 0.3) is 0 Å². The summed E-state index contributed by atoms with van der Waals surface area (Å²) in [6, 6.07) is 6.84. The zero-order valence-electron chi connectivity index (χ0n) is 9.27. The number of nitrogens with zero attached hydrogens (tertiary/aromatic N) is 2. The van der Waals surface area contributed by atoms with Gasteiger partial charge in [-0.2, -0.15) is 5.26 Å². The summed E-state index contributed by atoms with van der Waals surface area (Å²) >= 11 is 0. The average molecular weight is 230 g/mol. The lowest BCUT2D eigenvalue weighted by molar-refractivity contribution is -0.114. The molecule has 0 spiro atoms. The molecule has 5 nitrogen and oxygen atoms in total. The molecular formula is C12H10N2O3. The van der Waals surface area contributed by atoms with Crippen molar-refractivity contribution in [3.05, 3.63) is 23.8 Å². The predicted molar refractivity (Wildman–Crippen MR) is 59.9 cm³/mol. The lowest BCUT2D eigenvalue weighted by Gasteiger charge is -2.14. The van der Waals surface area contributed by atoms with Gasteiger partial charge in [0.1, 0.15) is 5.75 Å². The van der Waals surface area contributed by atoms with Crippen LogP contribution in [0, 0.1) is 11.3 Å². The number of anilines is 1. The first-order valence-electron chi connectivity index (χ1n) is 5.10. The van der Waals surface area contributed by atoms with Crippen molar-refractivity contribution in [2.45, 2.75) is 6.42 Å². The van der Waals surface area contributed by atoms with Gasteiger partial charge < -0.3 is 9.64 Å². The number of ether oxygens (including phenoxy) is 1. The number of carbonyl (C=O) groups is 2. The standard InChI is InChI=1S/C12H10N2O3/c1-17-8-3-4-10-9(7-8)11(15)12(16)14(10)6-2-5-13/h3-4,7H,2,6H2,1H3. The van der Waals surface area contributed by atoms with E-state index in [1.54, 1.807) is 18.2 Å². The molecule has 1 amide bonds. The smallest absolute Gasteiger partial charge is 0.299 e. The van der Waals surface area contributed by atoms with E-state index in [1.807, 2.05) is 6.07 Å². The highest BCUT2D eigenvalue weighted by molar-refractivity contribution is 6.52. The molecule has 0 atom stereocenters. The first-order chi connectivity index (χ1) is 8.19. The third kappa shape index (κ3) is 1.74. The van der Waals surface area contributed by atoms with Gasteiger partial charge in [0.05, 0.1) is 30.9 Å². The molecule has 0 saturated heterocycles. The molecule has 86 valence electrons. The van der Waals surface area contributed by atoms with E-state index in [0.29, 0.717) is 17.0 Å². The Hall–Kier alpha value is -2.35. The Morgan fingerprint density at radius 2 is 2.18 bits per heavy atom. The lowest BCUT2D eigenvalue weighted by atomic mass is 10.1. The van der Waals surface area contributed by atoms with Gasteiger partial charge in [-0.05, 0) is 18.2 Å². The molecule has 0 unspecified atom stereocenters. The number of Topliss-reactive ketones (excluding diaryl/α,β-unsaturated/α-hetero) is 1. The van der Waals surface area contributed by atoms with Gasteiger partial charge in [-0.1, -0.05) is 0 Å². The van der Waals surface area contributed by atoms with Crippen molar-refractivity contribution in [1.29, 1.82) is 5.26 Å². The summed E-state index contributed by atoms with van der Waals surface area (Å²) in [6.45, 7) is 0.237. The summed E-state index contributed by atoms with van der Waals surface area (Å²) in [5.41, 5.74) is 0.892. The molecule has 0 fully saturated rings. The van der Waals surface area contributed by atoms with E-state index in [9.17, 15) is 9.59 Å². The fourth-order valence-electron chi connectivity index (χ4n) is 1.79. The number of ketones is 1. The zero-order valence-corrected chi connectivity index (χ0v) is 9.27. The predicted octanol–water partition coefficient (Wildman–Crippen LogP) is 1.14. The van der Waals surface area contributed by atoms with E-state index in [1.165, 1.54) is 12.0 Å². The van der Waals surface area contributed by atoms with E-state index in [0.717, 1.165) is 0 Å². The zero-order chi connectivity index (χ0) is 12.4. The summed E-state index contributed by atoms with van der Waals surface area (Å²) in [7, 11) is 1.50. The number of methoxy groups -OCH3 is 1. The largest absolute Gasteiger partial charge is 0.497 e. The first-order valence-corrected chi connectivity index (χ1v) is 5.10. The molecule has 5 heteroatoms. The van der Waals surface area contributed by atoms with Crippen LogP contribution < -0.4 is 9.64 Å². The maximum absolute atomic E-state index is 11.7. The maximum Gasteiger partial charge on any atom is 0.299 e. The fraction of sp³-hybridized carbons (Fsp3) is 0.250. The van der Waals surface area contributed by atoms with Crippen molar-refractivity contribution in [3.8, 4) is 11.8 Å². The van der Waals surface area contributed by atoms with Crippen molar-refractivity contribution in [1.82, 2.24) is 0 Å². The van der Waals surface area contributed by atoms with Crippen molar-refractivity contribution < 1.29 is 14.3 Å². The third-order valence-corrected chi connectivity index (χ3v) is 2.63. The number of amides is 1. The van der Waals surface area contributed by atoms with Gasteiger partial charge in [-0.25, -0.2) is 0 Å². The molecule has 0 bridgehead atoms. The summed E-state index contributed by atoms with van der Waals surface area (Å²) in [5.74, 6) is -0.590. The van der Waals surface area contributed by atoms with Crippen LogP contribution >= 0.6 is 0 Å². The molecular weight excluding hydrogens is 220 g/mol. The molecule has 0 aliphatic carbocycles. The second-order valence-electron chi connectivity index (χ2n) is 3.58. The van der Waals surface area contributed by atoms with Gasteiger partial charge in [0.25, 0.3) is 11.7 Å². The van der Waals surface area contributed by atoms with Gasteiger partial charge in [0, 0.05) is 6.54 Å². The Balaban J connectivity index is 2.41. The van der Waals surface area contributed by atoms with Crippen molar-refractivity contribution in [2.75, 3.05) is 18.6 Å².